The van der Waals surface area contributed by atoms with Gasteiger partial charge in [0.1, 0.15) is 12.4 Å². The van der Waals surface area contributed by atoms with E-state index in [1.54, 1.807) is 54.0 Å². The molecule has 0 radical (unpaired) electrons. The predicted molar refractivity (Wildman–Crippen MR) is 92.0 cm³/mol. The second-order valence-corrected chi connectivity index (χ2v) is 5.65. The number of nitrogens with one attached hydrogen (secondary N) is 1. The lowest BCUT2D eigenvalue weighted by molar-refractivity contribution is 0.102. The molecule has 3 rings (SSSR count). The third kappa shape index (κ3) is 3.97. The van der Waals surface area contributed by atoms with Crippen LogP contribution in [0.2, 0.25) is 0 Å². The molecule has 0 aliphatic heterocycles. The van der Waals surface area contributed by atoms with Crippen molar-refractivity contribution in [1.82, 2.24) is 4.98 Å². The Balaban J connectivity index is 1.59. The van der Waals surface area contributed by atoms with Gasteiger partial charge in [0.15, 0.2) is 0 Å². The number of hydrogen-bond acceptors (Lipinski definition) is 5. The molecule has 2 aromatic carbocycles. The Kier molecular flexibility index (Phi) is 4.84. The van der Waals surface area contributed by atoms with Crippen molar-refractivity contribution in [1.29, 1.82) is 5.26 Å². The lowest BCUT2D eigenvalue weighted by Gasteiger charge is -2.07. The van der Waals surface area contributed by atoms with Crippen molar-refractivity contribution < 1.29 is 9.53 Å². The molecular formula is C18H13N3O2S. The van der Waals surface area contributed by atoms with E-state index < -0.39 is 0 Å². The predicted octanol–water partition coefficient (Wildman–Crippen LogP) is 3.85. The molecule has 1 N–H and O–H groups in total. The Morgan fingerprint density at radius 2 is 1.92 bits per heavy atom. The van der Waals surface area contributed by atoms with Crippen LogP contribution in [-0.4, -0.2) is 10.9 Å². The quantitative estimate of drug-likeness (QED) is 0.768. The number of rotatable bonds is 5. The first-order chi connectivity index (χ1) is 11.7. The van der Waals surface area contributed by atoms with Crippen molar-refractivity contribution in [2.75, 3.05) is 5.32 Å². The molecule has 1 aromatic heterocycles. The van der Waals surface area contributed by atoms with Crippen molar-refractivity contribution in [3.63, 3.8) is 0 Å². The maximum absolute atomic E-state index is 12.2. The molecular weight excluding hydrogens is 322 g/mol. The van der Waals surface area contributed by atoms with Crippen LogP contribution in [0.5, 0.6) is 5.75 Å². The zero-order chi connectivity index (χ0) is 16.8. The van der Waals surface area contributed by atoms with Crippen molar-refractivity contribution >= 4 is 22.9 Å². The van der Waals surface area contributed by atoms with E-state index in [2.05, 4.69) is 10.3 Å². The molecule has 0 bridgehead atoms. The minimum Gasteiger partial charge on any atom is -0.487 e. The van der Waals surface area contributed by atoms with Gasteiger partial charge in [-0.1, -0.05) is 0 Å². The zero-order valence-corrected chi connectivity index (χ0v) is 13.4. The number of aromatic nitrogens is 1. The van der Waals surface area contributed by atoms with Crippen LogP contribution < -0.4 is 10.1 Å². The van der Waals surface area contributed by atoms with Gasteiger partial charge in [0.05, 0.1) is 22.8 Å². The van der Waals surface area contributed by atoms with Gasteiger partial charge >= 0.3 is 0 Å². The highest BCUT2D eigenvalue weighted by Crippen LogP contribution is 2.16. The van der Waals surface area contributed by atoms with E-state index in [4.69, 9.17) is 10.00 Å². The van der Waals surface area contributed by atoms with E-state index in [-0.39, 0.29) is 5.91 Å². The molecule has 5 nitrogen and oxygen atoms in total. The first-order valence-corrected chi connectivity index (χ1v) is 8.10. The minimum absolute atomic E-state index is 0.217. The van der Waals surface area contributed by atoms with Gasteiger partial charge in [-0.15, -0.1) is 11.3 Å². The first-order valence-electron chi connectivity index (χ1n) is 7.16. The second kappa shape index (κ2) is 7.40. The van der Waals surface area contributed by atoms with Crippen LogP contribution in [0, 0.1) is 11.3 Å². The summed E-state index contributed by atoms with van der Waals surface area (Å²) in [5.74, 6) is 0.462. The normalized spacial score (nSPS) is 9.96. The first kappa shape index (κ1) is 15.7. The van der Waals surface area contributed by atoms with Crippen LogP contribution in [-0.2, 0) is 6.61 Å². The lowest BCUT2D eigenvalue weighted by Crippen LogP contribution is -2.11. The van der Waals surface area contributed by atoms with Gasteiger partial charge in [-0.05, 0) is 48.5 Å². The maximum atomic E-state index is 12.2. The number of nitriles is 1. The topological polar surface area (TPSA) is 75.0 Å². The number of carbonyl (C=O) groups is 1. The van der Waals surface area contributed by atoms with E-state index in [0.29, 0.717) is 29.2 Å². The minimum atomic E-state index is -0.217. The van der Waals surface area contributed by atoms with Crippen LogP contribution in [0.1, 0.15) is 21.6 Å². The number of thiazole rings is 1. The number of amides is 1. The second-order valence-electron chi connectivity index (χ2n) is 4.94. The molecule has 0 aliphatic rings. The molecule has 118 valence electrons. The van der Waals surface area contributed by atoms with Gasteiger partial charge < -0.3 is 10.1 Å². The summed E-state index contributed by atoms with van der Waals surface area (Å²) in [6.07, 6.45) is 0. The third-order valence-electron chi connectivity index (χ3n) is 3.26. The average Bonchev–Trinajstić information content (AvgIpc) is 3.14. The standard InChI is InChI=1S/C18H13N3O2S/c19-9-13-1-5-15(6-2-13)21-18(22)14-3-7-17(8-4-14)23-10-16-11-24-12-20-16/h1-8,11-12H,10H2,(H,21,22). The van der Waals surface area contributed by atoms with Crippen molar-refractivity contribution in [2.24, 2.45) is 0 Å². The lowest BCUT2D eigenvalue weighted by atomic mass is 10.2. The Bertz CT molecular complexity index is 851. The molecule has 24 heavy (non-hydrogen) atoms. The molecule has 0 atom stereocenters. The molecule has 6 heteroatoms. The maximum Gasteiger partial charge on any atom is 0.255 e. The largest absolute Gasteiger partial charge is 0.487 e. The molecule has 1 heterocycles. The molecule has 0 saturated carbocycles. The summed E-state index contributed by atoms with van der Waals surface area (Å²) in [6.45, 7) is 0.403. The zero-order valence-electron chi connectivity index (χ0n) is 12.6. The Hall–Kier alpha value is -3.17. The Labute approximate surface area is 143 Å². The SMILES string of the molecule is N#Cc1ccc(NC(=O)c2ccc(OCc3cscn3)cc2)cc1. The summed E-state index contributed by atoms with van der Waals surface area (Å²) in [6, 6.07) is 15.7. The van der Waals surface area contributed by atoms with E-state index in [0.717, 1.165) is 5.69 Å². The van der Waals surface area contributed by atoms with Gasteiger partial charge in [-0.3, -0.25) is 4.79 Å². The molecule has 0 unspecified atom stereocenters. The number of benzene rings is 2. The number of ether oxygens (including phenoxy) is 1. The fourth-order valence-electron chi connectivity index (χ4n) is 2.00. The fourth-order valence-corrected chi connectivity index (χ4v) is 2.54. The highest BCUT2D eigenvalue weighted by atomic mass is 32.1. The van der Waals surface area contributed by atoms with Gasteiger partial charge in [0.2, 0.25) is 0 Å². The van der Waals surface area contributed by atoms with Gasteiger partial charge in [-0.2, -0.15) is 5.26 Å². The molecule has 1 amide bonds. The molecule has 0 aliphatic carbocycles. The third-order valence-corrected chi connectivity index (χ3v) is 3.89. The summed E-state index contributed by atoms with van der Waals surface area (Å²) < 4.78 is 5.61. The van der Waals surface area contributed by atoms with Crippen LogP contribution in [0.25, 0.3) is 0 Å². The number of hydrogen-bond donors (Lipinski definition) is 1. The van der Waals surface area contributed by atoms with E-state index >= 15 is 0 Å². The van der Waals surface area contributed by atoms with Crippen LogP contribution in [0.15, 0.2) is 59.4 Å². The number of carbonyl (C=O) groups excluding carboxylic acids is 1. The van der Waals surface area contributed by atoms with Crippen molar-refractivity contribution in [3.05, 3.63) is 76.2 Å². The molecule has 0 saturated heterocycles. The summed E-state index contributed by atoms with van der Waals surface area (Å²) in [5, 5.41) is 13.5. The summed E-state index contributed by atoms with van der Waals surface area (Å²) in [4.78, 5) is 16.3. The number of nitrogens with zero attached hydrogens (tertiary/aromatic N) is 2. The van der Waals surface area contributed by atoms with Gasteiger partial charge in [0.25, 0.3) is 5.91 Å². The summed E-state index contributed by atoms with van der Waals surface area (Å²) in [7, 11) is 0. The van der Waals surface area contributed by atoms with Gasteiger partial charge in [-0.25, -0.2) is 4.98 Å². The van der Waals surface area contributed by atoms with Crippen molar-refractivity contribution in [2.45, 2.75) is 6.61 Å². The highest BCUT2D eigenvalue weighted by Gasteiger charge is 2.07. The molecule has 3 aromatic rings. The van der Waals surface area contributed by atoms with E-state index in [9.17, 15) is 4.79 Å². The molecule has 0 fully saturated rings. The smallest absolute Gasteiger partial charge is 0.255 e. The van der Waals surface area contributed by atoms with Gasteiger partial charge in [0, 0.05) is 16.6 Å². The Morgan fingerprint density at radius 1 is 1.17 bits per heavy atom. The number of anilines is 1. The fraction of sp³-hybridized carbons (Fsp3) is 0.0556. The van der Waals surface area contributed by atoms with E-state index in [1.165, 1.54) is 11.3 Å². The van der Waals surface area contributed by atoms with Crippen LogP contribution >= 0.6 is 11.3 Å². The summed E-state index contributed by atoms with van der Waals surface area (Å²) >= 11 is 1.52. The summed E-state index contributed by atoms with van der Waals surface area (Å²) in [5.41, 5.74) is 4.36. The average molecular weight is 335 g/mol. The van der Waals surface area contributed by atoms with E-state index in [1.807, 2.05) is 11.4 Å². The van der Waals surface area contributed by atoms with Crippen LogP contribution in [0.4, 0.5) is 5.69 Å². The highest BCUT2D eigenvalue weighted by molar-refractivity contribution is 7.07. The molecule has 0 spiro atoms. The van der Waals surface area contributed by atoms with Crippen molar-refractivity contribution in [3.8, 4) is 11.8 Å². The Morgan fingerprint density at radius 3 is 2.54 bits per heavy atom. The monoisotopic (exact) mass is 335 g/mol. The van der Waals surface area contributed by atoms with Crippen LogP contribution in [0.3, 0.4) is 0 Å².